The monoisotopic (exact) mass is 287 g/mol. The van der Waals surface area contributed by atoms with E-state index in [-0.39, 0.29) is 16.6 Å². The van der Waals surface area contributed by atoms with Gasteiger partial charge in [0.25, 0.3) is 0 Å². The number of anilines is 1. The highest BCUT2D eigenvalue weighted by molar-refractivity contribution is 7.90. The van der Waals surface area contributed by atoms with E-state index in [0.29, 0.717) is 0 Å². The summed E-state index contributed by atoms with van der Waals surface area (Å²) in [7, 11) is -3.31. The van der Waals surface area contributed by atoms with E-state index >= 15 is 0 Å². The van der Waals surface area contributed by atoms with Crippen LogP contribution in [0.2, 0.25) is 0 Å². The van der Waals surface area contributed by atoms with E-state index in [1.54, 1.807) is 0 Å². The molecule has 0 aliphatic rings. The van der Waals surface area contributed by atoms with E-state index in [2.05, 4.69) is 12.2 Å². The average molecular weight is 287 g/mol. The van der Waals surface area contributed by atoms with Crippen molar-refractivity contribution in [2.24, 2.45) is 0 Å². The Labute approximate surface area is 115 Å². The third-order valence-corrected chi connectivity index (χ3v) is 4.12. The van der Waals surface area contributed by atoms with Crippen LogP contribution in [0.25, 0.3) is 0 Å². The molecule has 0 amide bonds. The highest BCUT2D eigenvalue weighted by atomic mass is 32.2. The fraction of sp³-hybridized carbons (Fsp3) is 0.571. The number of sulfone groups is 1. The fourth-order valence-corrected chi connectivity index (χ4v) is 2.53. The van der Waals surface area contributed by atoms with Gasteiger partial charge >= 0.3 is 0 Å². The van der Waals surface area contributed by atoms with Crippen molar-refractivity contribution in [1.29, 1.82) is 0 Å². The number of unbranched alkanes of at least 4 members (excludes halogenated alkanes) is 2. The van der Waals surface area contributed by atoms with Crippen molar-refractivity contribution in [3.8, 4) is 0 Å². The van der Waals surface area contributed by atoms with Crippen LogP contribution in [0.1, 0.15) is 39.5 Å². The lowest BCUT2D eigenvalue weighted by Crippen LogP contribution is -2.16. The minimum absolute atomic E-state index is 0.121. The highest BCUT2D eigenvalue weighted by Gasteiger charge is 2.12. The van der Waals surface area contributed by atoms with Gasteiger partial charge in [0, 0.05) is 12.3 Å². The van der Waals surface area contributed by atoms with Crippen molar-refractivity contribution in [2.45, 2.75) is 50.5 Å². The Balaban J connectivity index is 2.77. The summed E-state index contributed by atoms with van der Waals surface area (Å²) in [6.07, 6.45) is 5.44. The van der Waals surface area contributed by atoms with Crippen LogP contribution in [0.5, 0.6) is 0 Å². The third-order valence-electron chi connectivity index (χ3n) is 3.01. The Hall–Kier alpha value is -1.10. The van der Waals surface area contributed by atoms with E-state index in [1.807, 2.05) is 6.92 Å². The highest BCUT2D eigenvalue weighted by Crippen LogP contribution is 2.21. The summed E-state index contributed by atoms with van der Waals surface area (Å²) >= 11 is 0. The minimum Gasteiger partial charge on any atom is -0.380 e. The van der Waals surface area contributed by atoms with Crippen LogP contribution in [0.15, 0.2) is 23.1 Å². The van der Waals surface area contributed by atoms with E-state index in [4.69, 9.17) is 0 Å². The number of nitrogens with one attached hydrogen (secondary N) is 1. The van der Waals surface area contributed by atoms with E-state index in [1.165, 1.54) is 18.2 Å². The van der Waals surface area contributed by atoms with Crippen molar-refractivity contribution in [2.75, 3.05) is 11.6 Å². The van der Waals surface area contributed by atoms with Crippen LogP contribution < -0.4 is 5.32 Å². The number of rotatable bonds is 7. The normalized spacial score (nSPS) is 13.3. The maximum atomic E-state index is 13.6. The maximum Gasteiger partial charge on any atom is 0.175 e. The van der Waals surface area contributed by atoms with Crippen LogP contribution in [0.3, 0.4) is 0 Å². The van der Waals surface area contributed by atoms with E-state index < -0.39 is 15.7 Å². The maximum absolute atomic E-state index is 13.6. The fourth-order valence-electron chi connectivity index (χ4n) is 1.88. The molecule has 0 spiro atoms. The number of benzene rings is 1. The number of hydrogen-bond acceptors (Lipinski definition) is 3. The molecule has 1 unspecified atom stereocenters. The molecule has 5 heteroatoms. The van der Waals surface area contributed by atoms with Crippen LogP contribution >= 0.6 is 0 Å². The lowest BCUT2D eigenvalue weighted by atomic mass is 10.1. The largest absolute Gasteiger partial charge is 0.380 e. The molecule has 1 N–H and O–H groups in total. The zero-order valence-electron chi connectivity index (χ0n) is 11.7. The lowest BCUT2D eigenvalue weighted by molar-refractivity contribution is 0.594. The van der Waals surface area contributed by atoms with Gasteiger partial charge in [-0.25, -0.2) is 12.8 Å². The molecule has 108 valence electrons. The molecule has 3 nitrogen and oxygen atoms in total. The standard InChI is InChI=1S/C14H22FNO2S/c1-4-5-6-7-11(2)16-14-10-12(19(3,17)18)8-9-13(14)15/h8-11,16H,4-7H2,1-3H3. The molecule has 0 heterocycles. The van der Waals surface area contributed by atoms with Gasteiger partial charge in [-0.1, -0.05) is 26.2 Å². The molecule has 1 atom stereocenters. The second kappa shape index (κ2) is 6.89. The Morgan fingerprint density at radius 2 is 2.00 bits per heavy atom. The van der Waals surface area contributed by atoms with Gasteiger partial charge in [0.05, 0.1) is 10.6 Å². The van der Waals surface area contributed by atoms with Crippen molar-refractivity contribution in [1.82, 2.24) is 0 Å². The molecular weight excluding hydrogens is 265 g/mol. The van der Waals surface area contributed by atoms with Gasteiger partial charge in [-0.3, -0.25) is 0 Å². The Kier molecular flexibility index (Phi) is 5.79. The minimum atomic E-state index is -3.31. The molecule has 1 aromatic carbocycles. The van der Waals surface area contributed by atoms with Gasteiger partial charge in [0.2, 0.25) is 0 Å². The second-order valence-electron chi connectivity index (χ2n) is 4.95. The quantitative estimate of drug-likeness (QED) is 0.615. The summed E-state index contributed by atoms with van der Waals surface area (Å²) in [4.78, 5) is 0.136. The van der Waals surface area contributed by atoms with Crippen molar-refractivity contribution < 1.29 is 12.8 Å². The molecule has 0 aliphatic carbocycles. The Morgan fingerprint density at radius 3 is 2.58 bits per heavy atom. The second-order valence-corrected chi connectivity index (χ2v) is 6.97. The lowest BCUT2D eigenvalue weighted by Gasteiger charge is -2.16. The topological polar surface area (TPSA) is 46.2 Å². The van der Waals surface area contributed by atoms with Crippen LogP contribution in [-0.4, -0.2) is 20.7 Å². The summed E-state index contributed by atoms with van der Waals surface area (Å²) in [6.45, 7) is 4.11. The smallest absolute Gasteiger partial charge is 0.175 e. The van der Waals surface area contributed by atoms with E-state index in [9.17, 15) is 12.8 Å². The molecular formula is C14H22FNO2S. The first kappa shape index (κ1) is 16.0. The van der Waals surface area contributed by atoms with Gasteiger partial charge in [0.15, 0.2) is 9.84 Å². The molecule has 19 heavy (non-hydrogen) atoms. The summed E-state index contributed by atoms with van der Waals surface area (Å²) in [6, 6.07) is 3.96. The zero-order valence-corrected chi connectivity index (χ0v) is 12.6. The van der Waals surface area contributed by atoms with E-state index in [0.717, 1.165) is 31.9 Å². The Bertz CT molecular complexity index is 514. The molecule has 0 saturated heterocycles. The first-order valence-electron chi connectivity index (χ1n) is 6.60. The number of halogens is 1. The molecule has 0 aromatic heterocycles. The van der Waals surface area contributed by atoms with Crippen molar-refractivity contribution >= 4 is 15.5 Å². The molecule has 1 rings (SSSR count). The van der Waals surface area contributed by atoms with Crippen molar-refractivity contribution in [3.05, 3.63) is 24.0 Å². The van der Waals surface area contributed by atoms with Crippen molar-refractivity contribution in [3.63, 3.8) is 0 Å². The summed E-state index contributed by atoms with van der Waals surface area (Å²) in [5.41, 5.74) is 0.256. The summed E-state index contributed by atoms with van der Waals surface area (Å²) in [5.74, 6) is -0.422. The van der Waals surface area contributed by atoms with Crippen LogP contribution in [-0.2, 0) is 9.84 Å². The first-order chi connectivity index (χ1) is 8.84. The molecule has 0 fully saturated rings. The molecule has 0 saturated carbocycles. The summed E-state index contributed by atoms with van der Waals surface area (Å²) in [5, 5.41) is 3.04. The number of hydrogen-bond donors (Lipinski definition) is 1. The van der Waals surface area contributed by atoms with Gasteiger partial charge in [-0.2, -0.15) is 0 Å². The van der Waals surface area contributed by atoms with Gasteiger partial charge in [-0.05, 0) is 31.5 Å². The SMILES string of the molecule is CCCCCC(C)Nc1cc(S(C)(=O)=O)ccc1F. The average Bonchev–Trinajstić information content (AvgIpc) is 2.31. The van der Waals surface area contributed by atoms with Gasteiger partial charge in [0.1, 0.15) is 5.82 Å². The molecule has 0 aliphatic heterocycles. The van der Waals surface area contributed by atoms with Crippen LogP contribution in [0.4, 0.5) is 10.1 Å². The first-order valence-corrected chi connectivity index (χ1v) is 8.50. The summed E-state index contributed by atoms with van der Waals surface area (Å²) < 4.78 is 36.5. The van der Waals surface area contributed by atoms with Gasteiger partial charge < -0.3 is 5.32 Å². The molecule has 0 radical (unpaired) electrons. The molecule has 1 aromatic rings. The third kappa shape index (κ3) is 5.19. The molecule has 0 bridgehead atoms. The predicted octanol–water partition coefficient (Wildman–Crippen LogP) is 3.61. The Morgan fingerprint density at radius 1 is 1.32 bits per heavy atom. The predicted molar refractivity (Wildman–Crippen MR) is 76.7 cm³/mol. The zero-order chi connectivity index (χ0) is 14.5. The van der Waals surface area contributed by atoms with Crippen LogP contribution in [0, 0.1) is 5.82 Å². The van der Waals surface area contributed by atoms with Gasteiger partial charge in [-0.15, -0.1) is 0 Å².